The van der Waals surface area contributed by atoms with Gasteiger partial charge < -0.3 is 0 Å². The summed E-state index contributed by atoms with van der Waals surface area (Å²) in [5.74, 6) is 0.410. The van der Waals surface area contributed by atoms with E-state index in [1.165, 1.54) is 54.2 Å². The second kappa shape index (κ2) is 11.2. The summed E-state index contributed by atoms with van der Waals surface area (Å²) in [5, 5.41) is 20.9. The Morgan fingerprint density at radius 3 is 2.36 bits per heavy atom. The summed E-state index contributed by atoms with van der Waals surface area (Å²) in [6.07, 6.45) is 1.48. The summed E-state index contributed by atoms with van der Waals surface area (Å²) in [5.41, 5.74) is 2.03. The molecule has 0 saturated carbocycles. The number of hydrogen-bond acceptors (Lipinski definition) is 7. The quantitative estimate of drug-likeness (QED) is 0.181. The predicted molar refractivity (Wildman–Crippen MR) is 135 cm³/mol. The van der Waals surface area contributed by atoms with Crippen molar-refractivity contribution in [2.45, 2.75) is 17.5 Å². The van der Waals surface area contributed by atoms with Gasteiger partial charge >= 0.3 is 0 Å². The molecule has 1 aromatic heterocycles. The molecule has 4 aromatic rings. The van der Waals surface area contributed by atoms with Gasteiger partial charge in [-0.2, -0.15) is 0 Å². The minimum absolute atomic E-state index is 0.0827. The standard InChI is InChI=1S/C24H20FN5O4S2/c25-20-8-6-19(7-9-20)17-35-24-28-27-23(29(24)21-10-12-22(13-11-21)30(31)32)16-26-36(33,34)15-14-18-4-2-1-3-5-18/h1-15,26H,16-17H2. The Morgan fingerprint density at radius 2 is 1.69 bits per heavy atom. The van der Waals surface area contributed by atoms with E-state index in [1.807, 2.05) is 6.07 Å². The zero-order chi connectivity index (χ0) is 25.5. The molecular weight excluding hydrogens is 505 g/mol. The van der Waals surface area contributed by atoms with Crippen LogP contribution in [0.15, 0.2) is 89.4 Å². The minimum Gasteiger partial charge on any atom is -0.273 e. The number of rotatable bonds is 10. The Kier molecular flexibility index (Phi) is 7.88. The molecule has 9 nitrogen and oxygen atoms in total. The number of aromatic nitrogens is 3. The molecule has 0 radical (unpaired) electrons. The molecule has 0 amide bonds. The lowest BCUT2D eigenvalue weighted by molar-refractivity contribution is -0.384. The number of thioether (sulfide) groups is 1. The number of benzene rings is 3. The van der Waals surface area contributed by atoms with E-state index in [2.05, 4.69) is 14.9 Å². The lowest BCUT2D eigenvalue weighted by Gasteiger charge is -2.11. The molecule has 0 atom stereocenters. The average Bonchev–Trinajstić information content (AvgIpc) is 3.29. The van der Waals surface area contributed by atoms with Gasteiger partial charge in [0.1, 0.15) is 5.82 Å². The third kappa shape index (κ3) is 6.62. The van der Waals surface area contributed by atoms with Crippen molar-refractivity contribution < 1.29 is 17.7 Å². The maximum Gasteiger partial charge on any atom is 0.269 e. The molecular formula is C24H20FN5O4S2. The molecule has 0 fully saturated rings. The highest BCUT2D eigenvalue weighted by molar-refractivity contribution is 7.98. The Labute approximate surface area is 210 Å². The van der Waals surface area contributed by atoms with Crippen LogP contribution in [0.5, 0.6) is 0 Å². The lowest BCUT2D eigenvalue weighted by atomic mass is 10.2. The molecule has 1 N–H and O–H groups in total. The summed E-state index contributed by atoms with van der Waals surface area (Å²) >= 11 is 1.31. The van der Waals surface area contributed by atoms with Gasteiger partial charge in [0.25, 0.3) is 5.69 Å². The topological polar surface area (TPSA) is 120 Å². The summed E-state index contributed by atoms with van der Waals surface area (Å²) < 4.78 is 42.4. The number of non-ortho nitro benzene ring substituents is 1. The van der Waals surface area contributed by atoms with Crippen LogP contribution < -0.4 is 4.72 Å². The maximum absolute atomic E-state index is 13.2. The molecule has 4 rings (SSSR count). The predicted octanol–water partition coefficient (Wildman–Crippen LogP) is 4.70. The van der Waals surface area contributed by atoms with Crippen LogP contribution in [-0.4, -0.2) is 28.1 Å². The lowest BCUT2D eigenvalue weighted by Crippen LogP contribution is -2.22. The van der Waals surface area contributed by atoms with E-state index in [-0.39, 0.29) is 18.0 Å². The number of nitro groups is 1. The maximum atomic E-state index is 13.2. The molecule has 0 unspecified atom stereocenters. The van der Waals surface area contributed by atoms with Crippen molar-refractivity contribution >= 4 is 33.5 Å². The summed E-state index contributed by atoms with van der Waals surface area (Å²) in [7, 11) is -3.79. The van der Waals surface area contributed by atoms with Crippen molar-refractivity contribution in [2.75, 3.05) is 0 Å². The molecule has 0 bridgehead atoms. The largest absolute Gasteiger partial charge is 0.273 e. The fraction of sp³-hybridized carbons (Fsp3) is 0.0833. The van der Waals surface area contributed by atoms with Crippen molar-refractivity contribution in [1.82, 2.24) is 19.5 Å². The van der Waals surface area contributed by atoms with Crippen molar-refractivity contribution in [3.05, 3.63) is 117 Å². The normalized spacial score (nSPS) is 11.7. The van der Waals surface area contributed by atoms with Crippen LogP contribution in [-0.2, 0) is 22.3 Å². The molecule has 36 heavy (non-hydrogen) atoms. The Hall–Kier alpha value is -3.87. The second-order valence-electron chi connectivity index (χ2n) is 7.50. The van der Waals surface area contributed by atoms with Gasteiger partial charge in [0.15, 0.2) is 11.0 Å². The third-order valence-electron chi connectivity index (χ3n) is 4.97. The van der Waals surface area contributed by atoms with E-state index >= 15 is 0 Å². The molecule has 1 heterocycles. The summed E-state index contributed by atoms with van der Waals surface area (Å²) in [4.78, 5) is 10.5. The highest BCUT2D eigenvalue weighted by atomic mass is 32.2. The van der Waals surface area contributed by atoms with Gasteiger partial charge in [-0.25, -0.2) is 17.5 Å². The first-order chi connectivity index (χ1) is 17.3. The van der Waals surface area contributed by atoms with Crippen molar-refractivity contribution in [1.29, 1.82) is 0 Å². The molecule has 0 aliphatic rings. The first-order valence-electron chi connectivity index (χ1n) is 10.6. The molecule has 0 aliphatic heterocycles. The van der Waals surface area contributed by atoms with E-state index in [0.717, 1.165) is 16.5 Å². The molecule has 0 spiro atoms. The number of nitrogens with zero attached hydrogens (tertiary/aromatic N) is 4. The molecule has 3 aromatic carbocycles. The van der Waals surface area contributed by atoms with E-state index < -0.39 is 14.9 Å². The fourth-order valence-electron chi connectivity index (χ4n) is 3.17. The van der Waals surface area contributed by atoms with E-state index in [1.54, 1.807) is 41.0 Å². The zero-order valence-electron chi connectivity index (χ0n) is 18.7. The van der Waals surface area contributed by atoms with Crippen molar-refractivity contribution in [3.63, 3.8) is 0 Å². The number of nitrogens with one attached hydrogen (secondary N) is 1. The smallest absolute Gasteiger partial charge is 0.269 e. The van der Waals surface area contributed by atoms with Crippen LogP contribution in [0.4, 0.5) is 10.1 Å². The van der Waals surface area contributed by atoms with Gasteiger partial charge in [0, 0.05) is 29.0 Å². The van der Waals surface area contributed by atoms with Crippen LogP contribution >= 0.6 is 11.8 Å². The van der Waals surface area contributed by atoms with Crippen LogP contribution in [0, 0.1) is 15.9 Å². The number of sulfonamides is 1. The highest BCUT2D eigenvalue weighted by Crippen LogP contribution is 2.26. The number of halogens is 1. The second-order valence-corrected chi connectivity index (χ2v) is 10.1. The van der Waals surface area contributed by atoms with Gasteiger partial charge in [-0.1, -0.05) is 54.2 Å². The average molecular weight is 526 g/mol. The van der Waals surface area contributed by atoms with E-state index in [9.17, 15) is 22.9 Å². The third-order valence-corrected chi connectivity index (χ3v) is 7.01. The number of nitro benzene ring substituents is 1. The highest BCUT2D eigenvalue weighted by Gasteiger charge is 2.18. The first-order valence-corrected chi connectivity index (χ1v) is 13.1. The monoisotopic (exact) mass is 525 g/mol. The van der Waals surface area contributed by atoms with Gasteiger partial charge in [0.2, 0.25) is 10.0 Å². The Morgan fingerprint density at radius 1 is 1.00 bits per heavy atom. The van der Waals surface area contributed by atoms with E-state index in [0.29, 0.717) is 22.4 Å². The summed E-state index contributed by atoms with van der Waals surface area (Å²) in [6.45, 7) is -0.164. The van der Waals surface area contributed by atoms with Gasteiger partial charge in [-0.15, -0.1) is 10.2 Å². The molecule has 184 valence electrons. The molecule has 0 saturated heterocycles. The van der Waals surface area contributed by atoms with Crippen LogP contribution in [0.1, 0.15) is 17.0 Å². The number of hydrogen-bond donors (Lipinski definition) is 1. The van der Waals surface area contributed by atoms with Crippen LogP contribution in [0.3, 0.4) is 0 Å². The fourth-order valence-corrected chi connectivity index (χ4v) is 4.85. The zero-order valence-corrected chi connectivity index (χ0v) is 20.3. The Balaban J connectivity index is 1.57. The minimum atomic E-state index is -3.79. The first kappa shape index (κ1) is 25.2. The van der Waals surface area contributed by atoms with Gasteiger partial charge in [0.05, 0.1) is 11.5 Å². The van der Waals surface area contributed by atoms with Crippen LogP contribution in [0.25, 0.3) is 11.8 Å². The summed E-state index contributed by atoms with van der Waals surface area (Å²) in [6, 6.07) is 20.8. The Bertz CT molecular complexity index is 1470. The van der Waals surface area contributed by atoms with Crippen molar-refractivity contribution in [2.24, 2.45) is 0 Å². The van der Waals surface area contributed by atoms with Crippen molar-refractivity contribution in [3.8, 4) is 5.69 Å². The molecule has 12 heteroatoms. The molecule has 0 aliphatic carbocycles. The van der Waals surface area contributed by atoms with Gasteiger partial charge in [-0.05, 0) is 41.5 Å². The van der Waals surface area contributed by atoms with E-state index in [4.69, 9.17) is 0 Å². The van der Waals surface area contributed by atoms with Crippen LogP contribution in [0.2, 0.25) is 0 Å². The SMILES string of the molecule is O=[N+]([O-])c1ccc(-n2c(CNS(=O)(=O)C=Cc3ccccc3)nnc2SCc2ccc(F)cc2)cc1. The van der Waals surface area contributed by atoms with Gasteiger partial charge in [-0.3, -0.25) is 14.7 Å².